The van der Waals surface area contributed by atoms with Gasteiger partial charge in [-0.1, -0.05) is 30.3 Å². The smallest absolute Gasteiger partial charge is 0.278 e. The molecule has 24 heavy (non-hydrogen) atoms. The van der Waals surface area contributed by atoms with Crippen LogP contribution >= 0.6 is 0 Å². The van der Waals surface area contributed by atoms with Crippen LogP contribution in [0.3, 0.4) is 0 Å². The summed E-state index contributed by atoms with van der Waals surface area (Å²) in [7, 11) is 0. The van der Waals surface area contributed by atoms with Crippen molar-refractivity contribution < 1.29 is 14.0 Å². The first-order chi connectivity index (χ1) is 11.5. The Hall–Kier alpha value is -2.95. The lowest BCUT2D eigenvalue weighted by molar-refractivity contribution is -0.138. The molecule has 0 unspecified atom stereocenters. The molecule has 4 nitrogen and oxygen atoms in total. The van der Waals surface area contributed by atoms with Crippen molar-refractivity contribution in [2.45, 2.75) is 19.9 Å². The molecule has 122 valence electrons. The van der Waals surface area contributed by atoms with Crippen molar-refractivity contribution in [2.24, 2.45) is 0 Å². The number of nitrogens with zero attached hydrogens (tertiary/aromatic N) is 1. The molecule has 0 saturated heterocycles. The van der Waals surface area contributed by atoms with Gasteiger partial charge in [0.25, 0.3) is 11.8 Å². The van der Waals surface area contributed by atoms with Crippen molar-refractivity contribution in [3.8, 4) is 0 Å². The lowest BCUT2D eigenvalue weighted by Gasteiger charge is -2.19. The van der Waals surface area contributed by atoms with E-state index in [-0.39, 0.29) is 29.1 Å². The molecule has 0 aromatic heterocycles. The molecular formula is C19H17FN2O2. The maximum absolute atomic E-state index is 13.2. The third-order valence-corrected chi connectivity index (χ3v) is 3.81. The van der Waals surface area contributed by atoms with Gasteiger partial charge in [0.15, 0.2) is 0 Å². The number of imide groups is 1. The van der Waals surface area contributed by atoms with Crippen LogP contribution in [0, 0.1) is 5.82 Å². The van der Waals surface area contributed by atoms with Gasteiger partial charge in [-0.2, -0.15) is 0 Å². The third kappa shape index (κ3) is 2.80. The summed E-state index contributed by atoms with van der Waals surface area (Å²) in [6.45, 7) is 3.56. The normalized spacial score (nSPS) is 14.8. The standard InChI is InChI=1S/C19H17FN2O2/c1-12(2)22-18(23)16(13-8-10-14(20)11-9-13)17(19(22)24)21-15-6-4-3-5-7-15/h3-12,21H,1-2H3. The highest BCUT2D eigenvalue weighted by Gasteiger charge is 2.40. The van der Waals surface area contributed by atoms with E-state index >= 15 is 0 Å². The predicted octanol–water partition coefficient (Wildman–Crippen LogP) is 3.43. The van der Waals surface area contributed by atoms with Crippen LogP contribution in [0.4, 0.5) is 10.1 Å². The topological polar surface area (TPSA) is 49.4 Å². The van der Waals surface area contributed by atoms with E-state index in [4.69, 9.17) is 0 Å². The van der Waals surface area contributed by atoms with Gasteiger partial charge in [0.2, 0.25) is 0 Å². The number of carbonyl (C=O) groups excluding carboxylic acids is 2. The van der Waals surface area contributed by atoms with Crippen LogP contribution in [0.25, 0.3) is 5.57 Å². The van der Waals surface area contributed by atoms with Gasteiger partial charge >= 0.3 is 0 Å². The highest BCUT2D eigenvalue weighted by Crippen LogP contribution is 2.31. The Morgan fingerprint density at radius 1 is 0.917 bits per heavy atom. The summed E-state index contributed by atoms with van der Waals surface area (Å²) in [6.07, 6.45) is 0. The number of nitrogens with one attached hydrogen (secondary N) is 1. The minimum atomic E-state index is -0.394. The zero-order chi connectivity index (χ0) is 17.3. The molecule has 0 fully saturated rings. The molecule has 0 atom stereocenters. The summed E-state index contributed by atoms with van der Waals surface area (Å²) in [5.41, 5.74) is 1.69. The summed E-state index contributed by atoms with van der Waals surface area (Å²) in [6, 6.07) is 14.5. The fourth-order valence-corrected chi connectivity index (χ4v) is 2.68. The van der Waals surface area contributed by atoms with Crippen LogP contribution < -0.4 is 5.32 Å². The quantitative estimate of drug-likeness (QED) is 0.877. The van der Waals surface area contributed by atoms with Crippen LogP contribution in [0.1, 0.15) is 19.4 Å². The number of hydrogen-bond acceptors (Lipinski definition) is 3. The number of amides is 2. The predicted molar refractivity (Wildman–Crippen MR) is 90.4 cm³/mol. The molecule has 1 N–H and O–H groups in total. The van der Waals surface area contributed by atoms with Crippen LogP contribution in [-0.4, -0.2) is 22.8 Å². The lowest BCUT2D eigenvalue weighted by atomic mass is 10.0. The SMILES string of the molecule is CC(C)N1C(=O)C(Nc2ccccc2)=C(c2ccc(F)cc2)C1=O. The highest BCUT2D eigenvalue weighted by atomic mass is 19.1. The number of carbonyl (C=O) groups is 2. The highest BCUT2D eigenvalue weighted by molar-refractivity contribution is 6.36. The van der Waals surface area contributed by atoms with Gasteiger partial charge in [-0.05, 0) is 43.7 Å². The van der Waals surface area contributed by atoms with Crippen molar-refractivity contribution in [1.82, 2.24) is 4.90 Å². The summed E-state index contributed by atoms with van der Waals surface area (Å²) in [5, 5.41) is 3.04. The molecule has 2 aromatic carbocycles. The van der Waals surface area contributed by atoms with E-state index in [0.717, 1.165) is 0 Å². The number of halogens is 1. The number of hydrogen-bond donors (Lipinski definition) is 1. The van der Waals surface area contributed by atoms with Gasteiger partial charge in [0.05, 0.1) is 5.57 Å². The molecule has 0 bridgehead atoms. The van der Waals surface area contributed by atoms with Gasteiger partial charge in [0, 0.05) is 11.7 Å². The molecule has 0 radical (unpaired) electrons. The molecule has 0 saturated carbocycles. The zero-order valence-corrected chi connectivity index (χ0v) is 13.4. The Bertz CT molecular complexity index is 811. The van der Waals surface area contributed by atoms with Crippen molar-refractivity contribution >= 4 is 23.1 Å². The summed E-state index contributed by atoms with van der Waals surface area (Å²) in [4.78, 5) is 26.7. The fraction of sp³-hybridized carbons (Fsp3) is 0.158. The molecule has 5 heteroatoms. The average molecular weight is 324 g/mol. The minimum Gasteiger partial charge on any atom is -0.350 e. The molecule has 0 aliphatic carbocycles. The second-order valence-electron chi connectivity index (χ2n) is 5.82. The van der Waals surface area contributed by atoms with Crippen molar-refractivity contribution in [2.75, 3.05) is 5.32 Å². The third-order valence-electron chi connectivity index (χ3n) is 3.81. The zero-order valence-electron chi connectivity index (χ0n) is 13.4. The Kier molecular flexibility index (Phi) is 4.16. The Labute approximate surface area is 139 Å². The van der Waals surface area contributed by atoms with Crippen molar-refractivity contribution in [3.05, 3.63) is 71.7 Å². The number of anilines is 1. The molecular weight excluding hydrogens is 307 g/mol. The number of para-hydroxylation sites is 1. The van der Waals surface area contributed by atoms with Gasteiger partial charge in [-0.25, -0.2) is 4.39 Å². The van der Waals surface area contributed by atoms with Gasteiger partial charge < -0.3 is 5.32 Å². The molecule has 2 aromatic rings. The van der Waals surface area contributed by atoms with E-state index in [0.29, 0.717) is 11.3 Å². The van der Waals surface area contributed by atoms with E-state index in [9.17, 15) is 14.0 Å². The van der Waals surface area contributed by atoms with Crippen LogP contribution in [0.2, 0.25) is 0 Å². The van der Waals surface area contributed by atoms with E-state index in [1.54, 1.807) is 13.8 Å². The molecule has 0 spiro atoms. The fourth-order valence-electron chi connectivity index (χ4n) is 2.68. The maximum atomic E-state index is 13.2. The lowest BCUT2D eigenvalue weighted by Crippen LogP contribution is -2.38. The molecule has 1 aliphatic rings. The first kappa shape index (κ1) is 15.9. The Morgan fingerprint density at radius 2 is 1.54 bits per heavy atom. The first-order valence-corrected chi connectivity index (χ1v) is 7.69. The van der Waals surface area contributed by atoms with Crippen LogP contribution in [0.5, 0.6) is 0 Å². The van der Waals surface area contributed by atoms with Gasteiger partial charge in [-0.15, -0.1) is 0 Å². The van der Waals surface area contributed by atoms with Crippen molar-refractivity contribution in [3.63, 3.8) is 0 Å². The molecule has 2 amide bonds. The Morgan fingerprint density at radius 3 is 2.12 bits per heavy atom. The average Bonchev–Trinajstić information content (AvgIpc) is 2.80. The Balaban J connectivity index is 2.10. The number of rotatable bonds is 4. The van der Waals surface area contributed by atoms with E-state index < -0.39 is 5.82 Å². The van der Waals surface area contributed by atoms with E-state index in [1.165, 1.54) is 29.2 Å². The monoisotopic (exact) mass is 324 g/mol. The second-order valence-corrected chi connectivity index (χ2v) is 5.82. The van der Waals surface area contributed by atoms with Crippen LogP contribution in [-0.2, 0) is 9.59 Å². The van der Waals surface area contributed by atoms with Crippen LogP contribution in [0.15, 0.2) is 60.3 Å². The van der Waals surface area contributed by atoms with Crippen molar-refractivity contribution in [1.29, 1.82) is 0 Å². The first-order valence-electron chi connectivity index (χ1n) is 7.69. The minimum absolute atomic E-state index is 0.214. The largest absolute Gasteiger partial charge is 0.350 e. The molecule has 3 rings (SSSR count). The second kappa shape index (κ2) is 6.28. The van der Waals surface area contributed by atoms with E-state index in [2.05, 4.69) is 5.32 Å². The van der Waals surface area contributed by atoms with E-state index in [1.807, 2.05) is 30.3 Å². The molecule has 1 aliphatic heterocycles. The van der Waals surface area contributed by atoms with Gasteiger partial charge in [0.1, 0.15) is 11.5 Å². The summed E-state index contributed by atoms with van der Waals surface area (Å²) in [5.74, 6) is -1.15. The van der Waals surface area contributed by atoms with Gasteiger partial charge in [-0.3, -0.25) is 14.5 Å². The maximum Gasteiger partial charge on any atom is 0.278 e. The molecule has 1 heterocycles. The summed E-state index contributed by atoms with van der Waals surface area (Å²) < 4.78 is 13.2. The summed E-state index contributed by atoms with van der Waals surface area (Å²) >= 11 is 0. The number of benzene rings is 2.